The van der Waals surface area contributed by atoms with Gasteiger partial charge in [0.1, 0.15) is 11.9 Å². The minimum Gasteiger partial charge on any atom is -0.380 e. The number of nitrogens with one attached hydrogen (secondary N) is 1. The van der Waals surface area contributed by atoms with Gasteiger partial charge in [-0.2, -0.15) is 5.26 Å². The van der Waals surface area contributed by atoms with Crippen LogP contribution in [0.15, 0.2) is 42.5 Å². The van der Waals surface area contributed by atoms with Crippen LogP contribution in [0.5, 0.6) is 0 Å². The molecule has 2 aromatic rings. The lowest BCUT2D eigenvalue weighted by molar-refractivity contribution is 0.576. The highest BCUT2D eigenvalue weighted by Crippen LogP contribution is 2.25. The molecule has 0 amide bonds. The van der Waals surface area contributed by atoms with Crippen molar-refractivity contribution in [2.24, 2.45) is 0 Å². The maximum absolute atomic E-state index is 13.2. The lowest BCUT2D eigenvalue weighted by Gasteiger charge is -2.30. The van der Waals surface area contributed by atoms with E-state index >= 15 is 0 Å². The fourth-order valence-electron chi connectivity index (χ4n) is 3.06. The van der Waals surface area contributed by atoms with Gasteiger partial charge in [-0.3, -0.25) is 0 Å². The van der Waals surface area contributed by atoms with Crippen LogP contribution in [0.4, 0.5) is 15.8 Å². The molecular weight excluding hydrogens is 289 g/mol. The Balaban J connectivity index is 1.77. The molecule has 0 spiro atoms. The standard InChI is InChI=1S/C19H20FN3/c20-17-8-9-18(16(12-17)13-21)22-14-15-6-2-3-7-19(15)23-10-4-1-5-11-23/h2-3,6-9,12,22H,1,4-5,10-11,14H2. The number of nitriles is 1. The number of para-hydroxylation sites is 1. The molecule has 1 heterocycles. The fraction of sp³-hybridized carbons (Fsp3) is 0.316. The Bertz CT molecular complexity index is 715. The van der Waals surface area contributed by atoms with Gasteiger partial charge < -0.3 is 10.2 Å². The third-order valence-electron chi connectivity index (χ3n) is 4.26. The first-order valence-corrected chi connectivity index (χ1v) is 8.04. The number of hydrogen-bond donors (Lipinski definition) is 1. The molecule has 118 valence electrons. The Hall–Kier alpha value is -2.54. The first kappa shape index (κ1) is 15.4. The van der Waals surface area contributed by atoms with Crippen LogP contribution in [0.1, 0.15) is 30.4 Å². The second-order valence-corrected chi connectivity index (χ2v) is 5.83. The zero-order valence-electron chi connectivity index (χ0n) is 13.1. The van der Waals surface area contributed by atoms with E-state index in [4.69, 9.17) is 5.26 Å². The topological polar surface area (TPSA) is 39.1 Å². The zero-order chi connectivity index (χ0) is 16.1. The van der Waals surface area contributed by atoms with Gasteiger partial charge in [0, 0.05) is 25.3 Å². The molecule has 0 aromatic heterocycles. The number of benzene rings is 2. The van der Waals surface area contributed by atoms with Gasteiger partial charge in [0.2, 0.25) is 0 Å². The van der Waals surface area contributed by atoms with Gasteiger partial charge in [-0.1, -0.05) is 18.2 Å². The van der Waals surface area contributed by atoms with Crippen molar-refractivity contribution in [2.75, 3.05) is 23.3 Å². The molecule has 4 heteroatoms. The molecular formula is C19H20FN3. The van der Waals surface area contributed by atoms with E-state index in [0.717, 1.165) is 13.1 Å². The minimum absolute atomic E-state index is 0.334. The van der Waals surface area contributed by atoms with Gasteiger partial charge in [0.15, 0.2) is 0 Å². The summed E-state index contributed by atoms with van der Waals surface area (Å²) in [5.74, 6) is -0.388. The Kier molecular flexibility index (Phi) is 4.77. The first-order valence-electron chi connectivity index (χ1n) is 8.04. The quantitative estimate of drug-likeness (QED) is 0.915. The molecule has 1 saturated heterocycles. The number of rotatable bonds is 4. The summed E-state index contributed by atoms with van der Waals surface area (Å²) in [5.41, 5.74) is 3.45. The highest BCUT2D eigenvalue weighted by molar-refractivity contribution is 5.60. The summed E-state index contributed by atoms with van der Waals surface area (Å²) in [4.78, 5) is 2.43. The molecule has 2 aromatic carbocycles. The van der Waals surface area contributed by atoms with Crippen LogP contribution >= 0.6 is 0 Å². The van der Waals surface area contributed by atoms with Gasteiger partial charge in [0.25, 0.3) is 0 Å². The molecule has 1 N–H and O–H groups in total. The van der Waals surface area contributed by atoms with E-state index in [1.165, 1.54) is 42.6 Å². The molecule has 0 unspecified atom stereocenters. The van der Waals surface area contributed by atoms with Crippen molar-refractivity contribution < 1.29 is 4.39 Å². The lowest BCUT2D eigenvalue weighted by Crippen LogP contribution is -2.30. The smallest absolute Gasteiger partial charge is 0.124 e. The van der Waals surface area contributed by atoms with Gasteiger partial charge in [0.05, 0.1) is 11.3 Å². The summed E-state index contributed by atoms with van der Waals surface area (Å²) in [7, 11) is 0. The maximum atomic E-state index is 13.2. The Morgan fingerprint density at radius 2 is 1.87 bits per heavy atom. The molecule has 1 aliphatic rings. The lowest BCUT2D eigenvalue weighted by atomic mass is 10.1. The molecule has 0 radical (unpaired) electrons. The normalized spacial score (nSPS) is 14.3. The third kappa shape index (κ3) is 3.62. The van der Waals surface area contributed by atoms with E-state index < -0.39 is 0 Å². The van der Waals surface area contributed by atoms with Gasteiger partial charge in [-0.15, -0.1) is 0 Å². The second kappa shape index (κ2) is 7.15. The van der Waals surface area contributed by atoms with Crippen LogP contribution in [0, 0.1) is 17.1 Å². The molecule has 0 aliphatic carbocycles. The molecule has 0 saturated carbocycles. The fourth-order valence-corrected chi connectivity index (χ4v) is 3.06. The predicted molar refractivity (Wildman–Crippen MR) is 90.9 cm³/mol. The average molecular weight is 309 g/mol. The molecule has 23 heavy (non-hydrogen) atoms. The number of anilines is 2. The number of nitrogens with zero attached hydrogens (tertiary/aromatic N) is 2. The van der Waals surface area contributed by atoms with E-state index in [2.05, 4.69) is 28.4 Å². The third-order valence-corrected chi connectivity index (χ3v) is 4.26. The maximum Gasteiger partial charge on any atom is 0.124 e. The molecule has 3 nitrogen and oxygen atoms in total. The summed E-state index contributed by atoms with van der Waals surface area (Å²) in [5, 5.41) is 12.4. The largest absolute Gasteiger partial charge is 0.380 e. The monoisotopic (exact) mass is 309 g/mol. The van der Waals surface area contributed by atoms with Crippen LogP contribution in [-0.4, -0.2) is 13.1 Å². The Morgan fingerprint density at radius 1 is 1.09 bits per heavy atom. The number of piperidine rings is 1. The summed E-state index contributed by atoms with van der Waals surface area (Å²) in [6, 6.07) is 14.6. The van der Waals surface area contributed by atoms with Crippen molar-refractivity contribution in [3.8, 4) is 6.07 Å². The molecule has 1 fully saturated rings. The SMILES string of the molecule is N#Cc1cc(F)ccc1NCc1ccccc1N1CCCCC1. The van der Waals surface area contributed by atoms with Crippen molar-refractivity contribution in [3.05, 3.63) is 59.4 Å². The molecule has 3 rings (SSSR count). The van der Waals surface area contributed by atoms with Crippen molar-refractivity contribution in [1.29, 1.82) is 5.26 Å². The Morgan fingerprint density at radius 3 is 2.65 bits per heavy atom. The van der Waals surface area contributed by atoms with Crippen LogP contribution in [0.2, 0.25) is 0 Å². The summed E-state index contributed by atoms with van der Waals surface area (Å²) >= 11 is 0. The molecule has 1 aliphatic heterocycles. The molecule has 0 atom stereocenters. The first-order chi connectivity index (χ1) is 11.3. The van der Waals surface area contributed by atoms with E-state index in [9.17, 15) is 4.39 Å². The molecule has 0 bridgehead atoms. The van der Waals surface area contributed by atoms with Crippen molar-refractivity contribution in [1.82, 2.24) is 0 Å². The van der Waals surface area contributed by atoms with Crippen molar-refractivity contribution >= 4 is 11.4 Å². The van der Waals surface area contributed by atoms with Crippen LogP contribution < -0.4 is 10.2 Å². The van der Waals surface area contributed by atoms with E-state index in [0.29, 0.717) is 17.8 Å². The van der Waals surface area contributed by atoms with Gasteiger partial charge in [-0.25, -0.2) is 4.39 Å². The predicted octanol–water partition coefficient (Wildman–Crippen LogP) is 4.30. The van der Waals surface area contributed by atoms with E-state index in [1.54, 1.807) is 6.07 Å². The zero-order valence-corrected chi connectivity index (χ0v) is 13.1. The van der Waals surface area contributed by atoms with E-state index in [1.807, 2.05) is 12.1 Å². The van der Waals surface area contributed by atoms with Gasteiger partial charge in [-0.05, 0) is 49.1 Å². The van der Waals surface area contributed by atoms with E-state index in [-0.39, 0.29) is 5.82 Å². The van der Waals surface area contributed by atoms with Crippen molar-refractivity contribution in [3.63, 3.8) is 0 Å². The summed E-state index contributed by atoms with van der Waals surface area (Å²) in [6.45, 7) is 2.81. The summed E-state index contributed by atoms with van der Waals surface area (Å²) in [6.07, 6.45) is 3.77. The number of halogens is 1. The van der Waals surface area contributed by atoms with Crippen LogP contribution in [-0.2, 0) is 6.54 Å². The average Bonchev–Trinajstić information content (AvgIpc) is 2.61. The minimum atomic E-state index is -0.388. The highest BCUT2D eigenvalue weighted by atomic mass is 19.1. The highest BCUT2D eigenvalue weighted by Gasteiger charge is 2.14. The summed E-state index contributed by atoms with van der Waals surface area (Å²) < 4.78 is 13.2. The van der Waals surface area contributed by atoms with Crippen LogP contribution in [0.25, 0.3) is 0 Å². The van der Waals surface area contributed by atoms with Gasteiger partial charge >= 0.3 is 0 Å². The number of hydrogen-bond acceptors (Lipinski definition) is 3. The Labute approximate surface area is 136 Å². The van der Waals surface area contributed by atoms with Crippen molar-refractivity contribution in [2.45, 2.75) is 25.8 Å². The second-order valence-electron chi connectivity index (χ2n) is 5.83. The van der Waals surface area contributed by atoms with Crippen LogP contribution in [0.3, 0.4) is 0 Å².